The van der Waals surface area contributed by atoms with E-state index in [9.17, 15) is 18.0 Å². The van der Waals surface area contributed by atoms with Crippen molar-refractivity contribution in [2.24, 2.45) is 5.92 Å². The minimum absolute atomic E-state index is 0.307. The molecule has 0 saturated heterocycles. The highest BCUT2D eigenvalue weighted by atomic mass is 32.2. The molecule has 0 aliphatic rings. The van der Waals surface area contributed by atoms with Gasteiger partial charge in [0.1, 0.15) is 11.8 Å². The molecule has 0 radical (unpaired) electrons. The molecule has 0 aromatic rings. The van der Waals surface area contributed by atoms with Crippen molar-refractivity contribution in [3.05, 3.63) is 0 Å². The van der Waals surface area contributed by atoms with Crippen molar-refractivity contribution in [1.29, 1.82) is 0 Å². The van der Waals surface area contributed by atoms with Gasteiger partial charge in [-0.2, -0.15) is 0 Å². The lowest BCUT2D eigenvalue weighted by Crippen LogP contribution is -2.46. The topological polar surface area (TPSA) is 101 Å². The molecule has 0 aromatic carbocycles. The number of hydrogen-bond donors (Lipinski definition) is 2. The zero-order valence-electron chi connectivity index (χ0n) is 10.4. The van der Waals surface area contributed by atoms with Crippen LogP contribution in [0.4, 0.5) is 0 Å². The summed E-state index contributed by atoms with van der Waals surface area (Å²) in [5.74, 6) is -2.94. The van der Waals surface area contributed by atoms with E-state index >= 15 is 0 Å². The van der Waals surface area contributed by atoms with Crippen molar-refractivity contribution in [2.45, 2.75) is 39.0 Å². The Morgan fingerprint density at radius 3 is 1.94 bits per heavy atom. The lowest BCUT2D eigenvalue weighted by Gasteiger charge is -2.18. The van der Waals surface area contributed by atoms with E-state index in [1.807, 2.05) is 0 Å². The van der Waals surface area contributed by atoms with Gasteiger partial charge in [-0.05, 0) is 19.8 Å². The van der Waals surface area contributed by atoms with E-state index < -0.39 is 38.8 Å². The number of hydrogen-bond acceptors (Lipinski definition) is 4. The quantitative estimate of drug-likeness (QED) is 0.706. The molecule has 2 N–H and O–H groups in total. The van der Waals surface area contributed by atoms with Crippen molar-refractivity contribution >= 4 is 21.7 Å². The van der Waals surface area contributed by atoms with Crippen LogP contribution in [0, 0.1) is 5.92 Å². The van der Waals surface area contributed by atoms with Crippen LogP contribution in [0.15, 0.2) is 0 Å². The second kappa shape index (κ2) is 6.00. The number of carbonyl (C=O) groups is 2. The number of carbonyl (C=O) groups excluding carboxylic acids is 1. The van der Waals surface area contributed by atoms with Gasteiger partial charge >= 0.3 is 5.97 Å². The third kappa shape index (κ3) is 5.16. The van der Waals surface area contributed by atoms with Crippen molar-refractivity contribution in [3.8, 4) is 0 Å². The molecule has 0 fully saturated rings. The monoisotopic (exact) mass is 265 g/mol. The number of carboxylic acid groups (broad SMARTS) is 1. The summed E-state index contributed by atoms with van der Waals surface area (Å²) in [6.07, 6.45) is 0. The van der Waals surface area contributed by atoms with Crippen LogP contribution in [-0.4, -0.2) is 42.4 Å². The first kappa shape index (κ1) is 15.9. The van der Waals surface area contributed by atoms with Crippen LogP contribution in [0.3, 0.4) is 0 Å². The van der Waals surface area contributed by atoms with E-state index in [1.54, 1.807) is 13.8 Å². The molecular weight excluding hydrogens is 246 g/mol. The standard InChI is InChI=1S/C10H19NO5S/c1-6(2)9(10(13)14)11-8(12)5-17(15,16)7(3)4/h6-7,9H,5H2,1-4H3,(H,11,12)(H,13,14)/t9-/m0/s1. The first-order valence-electron chi connectivity index (χ1n) is 5.31. The van der Waals surface area contributed by atoms with Crippen molar-refractivity contribution in [1.82, 2.24) is 5.32 Å². The second-order valence-corrected chi connectivity index (χ2v) is 7.04. The molecule has 0 aliphatic carbocycles. The fraction of sp³-hybridized carbons (Fsp3) is 0.800. The molecule has 0 heterocycles. The number of aliphatic carboxylic acids is 1. The maximum Gasteiger partial charge on any atom is 0.326 e. The van der Waals surface area contributed by atoms with Gasteiger partial charge in [-0.25, -0.2) is 13.2 Å². The SMILES string of the molecule is CC(C)[C@H](NC(=O)CS(=O)(=O)C(C)C)C(=O)O. The summed E-state index contributed by atoms with van der Waals surface area (Å²) in [7, 11) is -3.50. The second-order valence-electron chi connectivity index (χ2n) is 4.48. The number of carboxylic acids is 1. The van der Waals surface area contributed by atoms with Crippen LogP contribution in [0.5, 0.6) is 0 Å². The highest BCUT2D eigenvalue weighted by molar-refractivity contribution is 7.92. The van der Waals surface area contributed by atoms with E-state index in [2.05, 4.69) is 5.32 Å². The summed E-state index contributed by atoms with van der Waals surface area (Å²) >= 11 is 0. The summed E-state index contributed by atoms with van der Waals surface area (Å²) in [5.41, 5.74) is 0. The molecule has 0 unspecified atom stereocenters. The smallest absolute Gasteiger partial charge is 0.326 e. The normalized spacial score (nSPS) is 13.8. The third-order valence-corrected chi connectivity index (χ3v) is 4.40. The van der Waals surface area contributed by atoms with Gasteiger partial charge in [0.25, 0.3) is 0 Å². The molecule has 0 bridgehead atoms. The minimum atomic E-state index is -3.50. The molecule has 1 amide bonds. The Bertz CT molecular complexity index is 386. The van der Waals surface area contributed by atoms with E-state index in [0.717, 1.165) is 0 Å². The molecule has 6 nitrogen and oxygen atoms in total. The lowest BCUT2D eigenvalue weighted by atomic mass is 10.1. The van der Waals surface area contributed by atoms with Crippen LogP contribution in [-0.2, 0) is 19.4 Å². The Balaban J connectivity index is 4.61. The molecule has 0 saturated carbocycles. The van der Waals surface area contributed by atoms with Crippen molar-refractivity contribution < 1.29 is 23.1 Å². The largest absolute Gasteiger partial charge is 0.480 e. The molecule has 17 heavy (non-hydrogen) atoms. The fourth-order valence-corrected chi connectivity index (χ4v) is 1.86. The van der Waals surface area contributed by atoms with E-state index in [1.165, 1.54) is 13.8 Å². The first-order chi connectivity index (χ1) is 7.58. The Hall–Kier alpha value is -1.11. The van der Waals surface area contributed by atoms with Crippen LogP contribution in [0.25, 0.3) is 0 Å². The molecule has 0 aromatic heterocycles. The van der Waals surface area contributed by atoms with Crippen LogP contribution in [0.2, 0.25) is 0 Å². The minimum Gasteiger partial charge on any atom is -0.480 e. The number of amides is 1. The van der Waals surface area contributed by atoms with Crippen molar-refractivity contribution in [2.75, 3.05) is 5.75 Å². The van der Waals surface area contributed by atoms with Gasteiger partial charge in [-0.15, -0.1) is 0 Å². The molecular formula is C10H19NO5S. The molecule has 100 valence electrons. The van der Waals surface area contributed by atoms with E-state index in [4.69, 9.17) is 5.11 Å². The summed E-state index contributed by atoms with van der Waals surface area (Å²) < 4.78 is 22.9. The van der Waals surface area contributed by atoms with Crippen LogP contribution in [0.1, 0.15) is 27.7 Å². The summed E-state index contributed by atoms with van der Waals surface area (Å²) in [5, 5.41) is 10.4. The Morgan fingerprint density at radius 1 is 1.18 bits per heavy atom. The van der Waals surface area contributed by atoms with Gasteiger partial charge in [0, 0.05) is 0 Å². The molecule has 0 rings (SSSR count). The van der Waals surface area contributed by atoms with Crippen molar-refractivity contribution in [3.63, 3.8) is 0 Å². The molecule has 0 aliphatic heterocycles. The van der Waals surface area contributed by atoms with Gasteiger partial charge in [-0.3, -0.25) is 4.79 Å². The van der Waals surface area contributed by atoms with Crippen LogP contribution >= 0.6 is 0 Å². The predicted molar refractivity (Wildman–Crippen MR) is 63.3 cm³/mol. The highest BCUT2D eigenvalue weighted by Gasteiger charge is 2.27. The maximum atomic E-state index is 11.5. The van der Waals surface area contributed by atoms with Gasteiger partial charge in [0.05, 0.1) is 5.25 Å². The molecule has 1 atom stereocenters. The lowest BCUT2D eigenvalue weighted by molar-refractivity contribution is -0.142. The third-order valence-electron chi connectivity index (χ3n) is 2.30. The zero-order chi connectivity index (χ0) is 13.8. The van der Waals surface area contributed by atoms with Gasteiger partial charge in [0.2, 0.25) is 5.91 Å². The number of rotatable bonds is 6. The Labute approximate surface area is 101 Å². The van der Waals surface area contributed by atoms with E-state index in [0.29, 0.717) is 0 Å². The Kier molecular flexibility index (Phi) is 5.60. The molecule has 0 spiro atoms. The average Bonchev–Trinajstić information content (AvgIpc) is 2.12. The van der Waals surface area contributed by atoms with Crippen LogP contribution < -0.4 is 5.32 Å². The highest BCUT2D eigenvalue weighted by Crippen LogP contribution is 2.04. The maximum absolute atomic E-state index is 11.5. The predicted octanol–water partition coefficient (Wildman–Crippen LogP) is 0.0350. The number of nitrogens with one attached hydrogen (secondary N) is 1. The van der Waals surface area contributed by atoms with Gasteiger partial charge in [0.15, 0.2) is 9.84 Å². The summed E-state index contributed by atoms with van der Waals surface area (Å²) in [6, 6.07) is -1.06. The average molecular weight is 265 g/mol. The first-order valence-corrected chi connectivity index (χ1v) is 7.03. The Morgan fingerprint density at radius 2 is 1.65 bits per heavy atom. The molecule has 7 heteroatoms. The zero-order valence-corrected chi connectivity index (χ0v) is 11.2. The summed E-state index contributed by atoms with van der Waals surface area (Å²) in [6.45, 7) is 6.21. The number of sulfone groups is 1. The summed E-state index contributed by atoms with van der Waals surface area (Å²) in [4.78, 5) is 22.2. The fourth-order valence-electron chi connectivity index (χ4n) is 1.08. The van der Waals surface area contributed by atoms with Gasteiger partial charge < -0.3 is 10.4 Å². The van der Waals surface area contributed by atoms with E-state index in [-0.39, 0.29) is 5.92 Å². The van der Waals surface area contributed by atoms with Gasteiger partial charge in [-0.1, -0.05) is 13.8 Å².